The molecule has 0 radical (unpaired) electrons. The lowest BCUT2D eigenvalue weighted by molar-refractivity contribution is 0.133. The number of piperazine rings is 1. The molecule has 14 heteroatoms. The zero-order chi connectivity index (χ0) is 32.7. The van der Waals surface area contributed by atoms with Gasteiger partial charge < -0.3 is 24.8 Å². The Hall–Kier alpha value is -4.06. The fraction of sp³-hybridized carbons (Fsp3) is 0.364. The van der Waals surface area contributed by atoms with Crippen molar-refractivity contribution in [3.63, 3.8) is 0 Å². The normalized spacial score (nSPS) is 17.0. The third kappa shape index (κ3) is 6.44. The first kappa shape index (κ1) is 31.5. The van der Waals surface area contributed by atoms with Crippen molar-refractivity contribution in [2.45, 2.75) is 25.3 Å². The van der Waals surface area contributed by atoms with Crippen LogP contribution in [-0.2, 0) is 11.6 Å². The molecule has 0 bridgehead atoms. The van der Waals surface area contributed by atoms with Gasteiger partial charge in [0.05, 0.1) is 40.0 Å². The Bertz CT molecular complexity index is 2000. The van der Waals surface area contributed by atoms with Crippen LogP contribution < -0.4 is 25.6 Å². The zero-order valence-electron chi connectivity index (χ0n) is 26.9. The Morgan fingerprint density at radius 1 is 1.00 bits per heavy atom. The van der Waals surface area contributed by atoms with Gasteiger partial charge in [-0.15, -0.1) is 0 Å². The highest BCUT2D eigenvalue weighted by molar-refractivity contribution is 9.10. The SMILES string of the molecule is COc1cc(N2CCN3CCCC[C@@H]3C2)c(-c2cnn(C)c2)cc1Nc1ncc(Br)c(Nc2ccc3nccnc3c2P(C)(C)=O)n1. The van der Waals surface area contributed by atoms with E-state index in [9.17, 15) is 4.57 Å². The molecule has 12 nitrogen and oxygen atoms in total. The molecule has 2 fully saturated rings. The summed E-state index contributed by atoms with van der Waals surface area (Å²) in [5.74, 6) is 1.56. The highest BCUT2D eigenvalue weighted by Gasteiger charge is 2.31. The number of anilines is 5. The molecule has 1 atom stereocenters. The van der Waals surface area contributed by atoms with Gasteiger partial charge in [-0.3, -0.25) is 19.5 Å². The Labute approximate surface area is 282 Å². The Morgan fingerprint density at radius 2 is 1.85 bits per heavy atom. The number of ether oxygens (including phenoxy) is 1. The Morgan fingerprint density at radius 3 is 2.64 bits per heavy atom. The molecule has 3 aromatic heterocycles. The minimum absolute atomic E-state index is 0.369. The molecule has 0 spiro atoms. The molecule has 2 N–H and O–H groups in total. The maximum Gasteiger partial charge on any atom is 0.229 e. The van der Waals surface area contributed by atoms with Gasteiger partial charge in [0.2, 0.25) is 5.95 Å². The van der Waals surface area contributed by atoms with Crippen LogP contribution in [0, 0.1) is 0 Å². The van der Waals surface area contributed by atoms with Crippen molar-refractivity contribution < 1.29 is 9.30 Å². The molecule has 244 valence electrons. The van der Waals surface area contributed by atoms with Gasteiger partial charge in [-0.25, -0.2) is 4.98 Å². The maximum atomic E-state index is 13.5. The molecule has 2 aliphatic heterocycles. The van der Waals surface area contributed by atoms with Gasteiger partial charge in [0.25, 0.3) is 0 Å². The lowest BCUT2D eigenvalue weighted by Crippen LogP contribution is -2.55. The fourth-order valence-corrected chi connectivity index (χ4v) is 8.38. The monoisotopic (exact) mass is 716 g/mol. The summed E-state index contributed by atoms with van der Waals surface area (Å²) in [6.45, 7) is 7.65. The molecule has 0 amide bonds. The molecule has 0 unspecified atom stereocenters. The van der Waals surface area contributed by atoms with E-state index in [1.54, 1.807) is 39.0 Å². The van der Waals surface area contributed by atoms with Crippen LogP contribution in [0.15, 0.2) is 59.7 Å². The van der Waals surface area contributed by atoms with Crippen molar-refractivity contribution in [2.24, 2.45) is 7.05 Å². The van der Waals surface area contributed by atoms with Gasteiger partial charge in [0.15, 0.2) is 0 Å². The van der Waals surface area contributed by atoms with Crippen LogP contribution in [0.2, 0.25) is 0 Å². The van der Waals surface area contributed by atoms with Crippen LogP contribution in [0.4, 0.5) is 28.8 Å². The first-order valence-electron chi connectivity index (χ1n) is 15.7. The fourth-order valence-electron chi connectivity index (χ4n) is 6.69. The van der Waals surface area contributed by atoms with Gasteiger partial charge in [-0.05, 0) is 66.8 Å². The van der Waals surface area contributed by atoms with Crippen LogP contribution in [0.1, 0.15) is 19.3 Å². The molecule has 2 saturated heterocycles. The van der Waals surface area contributed by atoms with E-state index in [1.807, 2.05) is 36.3 Å². The predicted octanol–water partition coefficient (Wildman–Crippen LogP) is 6.00. The minimum Gasteiger partial charge on any atom is -0.494 e. The second-order valence-corrected chi connectivity index (χ2v) is 16.5. The number of rotatable bonds is 8. The largest absolute Gasteiger partial charge is 0.494 e. The molecule has 7 rings (SSSR count). The Kier molecular flexibility index (Phi) is 8.63. The topological polar surface area (TPSA) is 126 Å². The van der Waals surface area contributed by atoms with Crippen LogP contribution in [0.5, 0.6) is 5.75 Å². The lowest BCUT2D eigenvalue weighted by Gasteiger charge is -2.45. The summed E-state index contributed by atoms with van der Waals surface area (Å²) >= 11 is 3.59. The zero-order valence-corrected chi connectivity index (χ0v) is 29.4. The summed E-state index contributed by atoms with van der Waals surface area (Å²) in [5, 5.41) is 11.9. The number of methoxy groups -OCH3 is 1. The Balaban J connectivity index is 1.24. The van der Waals surface area contributed by atoms with Crippen molar-refractivity contribution in [3.8, 4) is 16.9 Å². The number of nitrogens with one attached hydrogen (secondary N) is 2. The number of hydrogen-bond donors (Lipinski definition) is 2. The predicted molar refractivity (Wildman–Crippen MR) is 192 cm³/mol. The summed E-state index contributed by atoms with van der Waals surface area (Å²) in [7, 11) is 0.854. The number of aryl methyl sites for hydroxylation is 1. The van der Waals surface area contributed by atoms with Crippen LogP contribution in [0.25, 0.3) is 22.2 Å². The number of halogens is 1. The summed E-state index contributed by atoms with van der Waals surface area (Å²) in [4.78, 5) is 23.4. The molecule has 47 heavy (non-hydrogen) atoms. The summed E-state index contributed by atoms with van der Waals surface area (Å²) in [6.07, 6.45) is 12.7. The van der Waals surface area contributed by atoms with Crippen molar-refractivity contribution in [2.75, 3.05) is 62.2 Å². The molecule has 0 aliphatic carbocycles. The number of fused-ring (bicyclic) bond motifs is 2. The molecule has 5 aromatic rings. The second-order valence-electron chi connectivity index (χ2n) is 12.5. The second kappa shape index (κ2) is 12.9. The number of nitrogens with zero attached hydrogens (tertiary/aromatic N) is 8. The van der Waals surface area contributed by atoms with Gasteiger partial charge >= 0.3 is 0 Å². The van der Waals surface area contributed by atoms with Crippen LogP contribution in [0.3, 0.4) is 0 Å². The van der Waals surface area contributed by atoms with E-state index in [4.69, 9.17) is 9.72 Å². The van der Waals surface area contributed by atoms with Crippen molar-refractivity contribution in [1.82, 2.24) is 34.6 Å². The maximum absolute atomic E-state index is 13.5. The molecule has 0 saturated carbocycles. The molecular weight excluding hydrogens is 679 g/mol. The summed E-state index contributed by atoms with van der Waals surface area (Å²) in [6, 6.07) is 8.50. The smallest absolute Gasteiger partial charge is 0.229 e. The van der Waals surface area contributed by atoms with E-state index in [2.05, 4.69) is 68.5 Å². The number of aromatic nitrogens is 6. The van der Waals surface area contributed by atoms with Crippen molar-refractivity contribution >= 4 is 68.2 Å². The molecule has 2 aromatic carbocycles. The van der Waals surface area contributed by atoms with Crippen LogP contribution in [-0.4, -0.2) is 87.3 Å². The highest BCUT2D eigenvalue weighted by atomic mass is 79.9. The average molecular weight is 718 g/mol. The van der Waals surface area contributed by atoms with Gasteiger partial charge in [-0.1, -0.05) is 6.42 Å². The summed E-state index contributed by atoms with van der Waals surface area (Å²) in [5.41, 5.74) is 5.87. The average Bonchev–Trinajstić information content (AvgIpc) is 3.51. The third-order valence-corrected chi connectivity index (χ3v) is 11.0. The van der Waals surface area contributed by atoms with Gasteiger partial charge in [0, 0.05) is 80.4 Å². The van der Waals surface area contributed by atoms with Gasteiger partial charge in [-0.2, -0.15) is 10.1 Å². The first-order chi connectivity index (χ1) is 22.7. The van der Waals surface area contributed by atoms with Crippen LogP contribution >= 0.6 is 23.1 Å². The third-order valence-electron chi connectivity index (χ3n) is 8.91. The van der Waals surface area contributed by atoms with E-state index < -0.39 is 7.14 Å². The lowest BCUT2D eigenvalue weighted by atomic mass is 9.97. The van der Waals surface area contributed by atoms with E-state index in [0.717, 1.165) is 42.1 Å². The van der Waals surface area contributed by atoms with Gasteiger partial charge in [0.1, 0.15) is 24.2 Å². The molecule has 2 aliphatic rings. The number of hydrogen-bond acceptors (Lipinski definition) is 11. The minimum atomic E-state index is -2.76. The number of piperidine rings is 1. The van der Waals surface area contributed by atoms with E-state index in [-0.39, 0.29) is 0 Å². The quantitative estimate of drug-likeness (QED) is 0.184. The van der Waals surface area contributed by atoms with Crippen molar-refractivity contribution in [3.05, 3.63) is 59.7 Å². The summed E-state index contributed by atoms with van der Waals surface area (Å²) < 4.78 is 21.9. The molecular formula is C33H38BrN10O2P. The van der Waals surface area contributed by atoms with E-state index >= 15 is 0 Å². The number of benzene rings is 2. The van der Waals surface area contributed by atoms with E-state index in [1.165, 1.54) is 25.8 Å². The van der Waals surface area contributed by atoms with E-state index in [0.29, 0.717) is 50.1 Å². The first-order valence-corrected chi connectivity index (χ1v) is 19.1. The standard InChI is InChI=1S/C33H38BrN10O2P/c1-42-19-21(17-38-42)23-15-27(29(46-2)16-28(23)44-14-13-43-12-6-5-7-22(43)20-44)40-33-37-18-24(34)32(41-33)39-26-9-8-25-30(36-11-10-35-25)31(26)47(3,4)45/h8-11,15-19,22H,5-7,12-14,20H2,1-4H3,(H2,37,39,40,41)/t22-/m1/s1. The van der Waals surface area contributed by atoms with Crippen molar-refractivity contribution in [1.29, 1.82) is 0 Å². The molecule has 5 heterocycles. The highest BCUT2D eigenvalue weighted by Crippen LogP contribution is 2.43.